The van der Waals surface area contributed by atoms with Gasteiger partial charge in [0.05, 0.1) is 25.2 Å². The summed E-state index contributed by atoms with van der Waals surface area (Å²) in [6.07, 6.45) is -1.83. The molecule has 0 saturated carbocycles. The topological polar surface area (TPSA) is 114 Å². The molecule has 0 radical (unpaired) electrons. The Hall–Kier alpha value is -3.76. The summed E-state index contributed by atoms with van der Waals surface area (Å²) in [5.41, 5.74) is 0.0448. The lowest BCUT2D eigenvalue weighted by molar-refractivity contribution is -0.387. The number of rotatable bonds is 3. The zero-order valence-corrected chi connectivity index (χ0v) is 15.9. The fourth-order valence-electron chi connectivity index (χ4n) is 1.88. The van der Waals surface area contributed by atoms with Crippen molar-refractivity contribution in [1.29, 1.82) is 0 Å². The lowest BCUT2D eigenvalue weighted by Gasteiger charge is -2.05. The number of hydrogen-bond acceptors (Lipinski definition) is 8. The SMILES string of the molecule is COC(=O)Oc1cc([N+](=O)[O-])c(F)cc1C.COC(=O)Oc1ccc(F)cc1C. The van der Waals surface area contributed by atoms with Gasteiger partial charge in [-0.25, -0.2) is 14.0 Å². The third-order valence-electron chi connectivity index (χ3n) is 3.30. The number of methoxy groups -OCH3 is 2. The lowest BCUT2D eigenvalue weighted by Crippen LogP contribution is -2.09. The van der Waals surface area contributed by atoms with Crippen LogP contribution in [0.5, 0.6) is 11.5 Å². The Morgan fingerprint density at radius 2 is 1.41 bits per heavy atom. The second kappa shape index (κ2) is 10.5. The maximum atomic E-state index is 13.1. The predicted molar refractivity (Wildman–Crippen MR) is 95.0 cm³/mol. The molecule has 0 fully saturated rings. The van der Waals surface area contributed by atoms with Crippen molar-refractivity contribution in [3.63, 3.8) is 0 Å². The first kappa shape index (κ1) is 23.3. The number of aryl methyl sites for hydroxylation is 2. The fraction of sp³-hybridized carbons (Fsp3) is 0.222. The first-order chi connectivity index (χ1) is 13.6. The van der Waals surface area contributed by atoms with E-state index in [2.05, 4.69) is 14.2 Å². The number of nitro benzene ring substituents is 1. The van der Waals surface area contributed by atoms with E-state index in [1.165, 1.54) is 32.2 Å². The summed E-state index contributed by atoms with van der Waals surface area (Å²) in [5.74, 6) is -1.16. The van der Waals surface area contributed by atoms with E-state index in [0.717, 1.165) is 19.2 Å². The number of halogens is 2. The van der Waals surface area contributed by atoms with Crippen LogP contribution in [0, 0.1) is 35.6 Å². The summed E-state index contributed by atoms with van der Waals surface area (Å²) in [6.45, 7) is 3.09. The number of carbonyl (C=O) groups excluding carboxylic acids is 2. The largest absolute Gasteiger partial charge is 0.513 e. The summed E-state index contributed by atoms with van der Waals surface area (Å²) in [6, 6.07) is 5.61. The highest BCUT2D eigenvalue weighted by Gasteiger charge is 2.19. The van der Waals surface area contributed by atoms with Crippen LogP contribution < -0.4 is 9.47 Å². The van der Waals surface area contributed by atoms with Crippen LogP contribution in [0.3, 0.4) is 0 Å². The Bertz CT molecular complexity index is 917. The number of ether oxygens (including phenoxy) is 4. The van der Waals surface area contributed by atoms with Crippen molar-refractivity contribution in [2.45, 2.75) is 13.8 Å². The molecule has 29 heavy (non-hydrogen) atoms. The Morgan fingerprint density at radius 1 is 0.897 bits per heavy atom. The molecule has 0 aliphatic heterocycles. The van der Waals surface area contributed by atoms with Crippen molar-refractivity contribution in [3.05, 3.63) is 63.2 Å². The Labute approximate surface area is 163 Å². The Morgan fingerprint density at radius 3 is 1.90 bits per heavy atom. The van der Waals surface area contributed by atoms with Crippen LogP contribution in [0.25, 0.3) is 0 Å². The summed E-state index contributed by atoms with van der Waals surface area (Å²) in [4.78, 5) is 31.0. The Balaban J connectivity index is 0.000000296. The van der Waals surface area contributed by atoms with E-state index < -0.39 is 28.7 Å². The van der Waals surface area contributed by atoms with E-state index in [9.17, 15) is 28.5 Å². The summed E-state index contributed by atoms with van der Waals surface area (Å²) < 4.78 is 43.5. The van der Waals surface area contributed by atoms with E-state index in [1.807, 2.05) is 0 Å². The molecule has 0 saturated heterocycles. The molecule has 9 nitrogen and oxygen atoms in total. The van der Waals surface area contributed by atoms with Gasteiger partial charge in [-0.1, -0.05) is 0 Å². The molecule has 2 aromatic rings. The van der Waals surface area contributed by atoms with Crippen molar-refractivity contribution in [1.82, 2.24) is 0 Å². The van der Waals surface area contributed by atoms with Crippen molar-refractivity contribution < 1.29 is 42.2 Å². The first-order valence-electron chi connectivity index (χ1n) is 7.81. The lowest BCUT2D eigenvalue weighted by atomic mass is 10.2. The number of nitro groups is 1. The molecule has 0 atom stereocenters. The first-order valence-corrected chi connectivity index (χ1v) is 7.81. The molecule has 0 heterocycles. The van der Waals surface area contributed by atoms with Crippen molar-refractivity contribution in [2.75, 3.05) is 14.2 Å². The van der Waals surface area contributed by atoms with Gasteiger partial charge in [-0.15, -0.1) is 0 Å². The molecule has 0 N–H and O–H groups in total. The predicted octanol–water partition coefficient (Wildman–Crippen LogP) is 4.47. The monoisotopic (exact) mass is 413 g/mol. The highest BCUT2D eigenvalue weighted by Crippen LogP contribution is 2.27. The number of benzene rings is 2. The zero-order chi connectivity index (χ0) is 22.1. The third-order valence-corrected chi connectivity index (χ3v) is 3.30. The average Bonchev–Trinajstić information content (AvgIpc) is 2.66. The van der Waals surface area contributed by atoms with Crippen molar-refractivity contribution in [2.24, 2.45) is 0 Å². The van der Waals surface area contributed by atoms with Crippen molar-refractivity contribution >= 4 is 18.0 Å². The van der Waals surface area contributed by atoms with Gasteiger partial charge in [-0.3, -0.25) is 10.1 Å². The van der Waals surface area contributed by atoms with Crippen LogP contribution in [0.2, 0.25) is 0 Å². The van der Waals surface area contributed by atoms with Gasteiger partial charge in [0, 0.05) is 0 Å². The second-order valence-electron chi connectivity index (χ2n) is 5.35. The average molecular weight is 413 g/mol. The fourth-order valence-corrected chi connectivity index (χ4v) is 1.88. The minimum atomic E-state index is -1.02. The van der Waals surface area contributed by atoms with Gasteiger partial charge in [-0.2, -0.15) is 4.39 Å². The second-order valence-corrected chi connectivity index (χ2v) is 5.35. The maximum absolute atomic E-state index is 13.1. The summed E-state index contributed by atoms with van der Waals surface area (Å²) >= 11 is 0. The minimum absolute atomic E-state index is 0.111. The van der Waals surface area contributed by atoms with E-state index in [4.69, 9.17) is 4.74 Å². The molecule has 0 aliphatic carbocycles. The van der Waals surface area contributed by atoms with Crippen molar-refractivity contribution in [3.8, 4) is 11.5 Å². The minimum Gasteiger partial charge on any atom is -0.437 e. The molecule has 0 aliphatic rings. The number of nitrogens with zero attached hydrogens (tertiary/aromatic N) is 1. The van der Waals surface area contributed by atoms with Crippen LogP contribution in [-0.4, -0.2) is 31.5 Å². The molecule has 2 rings (SSSR count). The third kappa shape index (κ3) is 7.05. The van der Waals surface area contributed by atoms with Gasteiger partial charge in [0.15, 0.2) is 0 Å². The molecule has 0 spiro atoms. The van der Waals surface area contributed by atoms with Gasteiger partial charge >= 0.3 is 18.0 Å². The summed E-state index contributed by atoms with van der Waals surface area (Å²) in [5, 5.41) is 10.4. The van der Waals surface area contributed by atoms with Gasteiger partial charge in [0.1, 0.15) is 17.3 Å². The van der Waals surface area contributed by atoms with Crippen LogP contribution in [0.4, 0.5) is 24.1 Å². The molecule has 0 unspecified atom stereocenters. The highest BCUT2D eigenvalue weighted by atomic mass is 19.1. The molecule has 0 bridgehead atoms. The van der Waals surface area contributed by atoms with E-state index >= 15 is 0 Å². The molecule has 0 aromatic heterocycles. The van der Waals surface area contributed by atoms with Crippen LogP contribution >= 0.6 is 0 Å². The van der Waals surface area contributed by atoms with Crippen LogP contribution in [0.1, 0.15) is 11.1 Å². The van der Waals surface area contributed by atoms with Gasteiger partial charge < -0.3 is 18.9 Å². The number of carbonyl (C=O) groups is 2. The van der Waals surface area contributed by atoms with Crippen LogP contribution in [-0.2, 0) is 9.47 Å². The van der Waals surface area contributed by atoms with Gasteiger partial charge in [-0.05, 0) is 49.2 Å². The highest BCUT2D eigenvalue weighted by molar-refractivity contribution is 5.65. The van der Waals surface area contributed by atoms with Gasteiger partial charge in [0.2, 0.25) is 5.82 Å². The summed E-state index contributed by atoms with van der Waals surface area (Å²) in [7, 11) is 2.30. The van der Waals surface area contributed by atoms with Crippen LogP contribution in [0.15, 0.2) is 30.3 Å². The van der Waals surface area contributed by atoms with Gasteiger partial charge in [0.25, 0.3) is 0 Å². The molecular weight excluding hydrogens is 396 g/mol. The zero-order valence-electron chi connectivity index (χ0n) is 15.9. The normalized spacial score (nSPS) is 9.59. The molecule has 2 aromatic carbocycles. The maximum Gasteiger partial charge on any atom is 0.513 e. The van der Waals surface area contributed by atoms with E-state index in [-0.39, 0.29) is 17.1 Å². The standard InChI is InChI=1S/C9H8FNO5.C9H9FO3/c1-5-3-6(10)7(11(13)14)4-8(5)16-9(12)15-2;1-6-5-7(10)3-4-8(6)13-9(11)12-2/h3-4H,1-2H3;3-5H,1-2H3. The molecule has 0 amide bonds. The molecular formula is C18H17F2NO8. The smallest absolute Gasteiger partial charge is 0.437 e. The molecule has 156 valence electrons. The van der Waals surface area contributed by atoms with E-state index in [0.29, 0.717) is 11.3 Å². The van der Waals surface area contributed by atoms with E-state index in [1.54, 1.807) is 6.92 Å². The quantitative estimate of drug-likeness (QED) is 0.313. The molecule has 11 heteroatoms. The Kier molecular flexibility index (Phi) is 8.46. The number of hydrogen-bond donors (Lipinski definition) is 0.